The number of carbonyl (C=O) groups excluding carboxylic acids is 1. The lowest BCUT2D eigenvalue weighted by molar-refractivity contribution is -0.127. The molecule has 7 heteroatoms. The number of hydrogen-bond acceptors (Lipinski definition) is 6. The lowest BCUT2D eigenvalue weighted by Crippen LogP contribution is -2.51. The molecule has 3 fully saturated rings. The normalized spacial score (nSPS) is 24.3. The molecular weight excluding hydrogens is 354 g/mol. The van der Waals surface area contributed by atoms with Crippen molar-refractivity contribution < 1.29 is 9.53 Å². The number of hydrogen-bond donors (Lipinski definition) is 1. The van der Waals surface area contributed by atoms with Crippen molar-refractivity contribution in [3.63, 3.8) is 0 Å². The average molecular weight is 388 g/mol. The van der Waals surface area contributed by atoms with Gasteiger partial charge in [0, 0.05) is 57.0 Å². The van der Waals surface area contributed by atoms with Crippen LogP contribution in [0.4, 0.5) is 5.82 Å². The first-order chi connectivity index (χ1) is 13.7. The minimum absolute atomic E-state index is 0.117. The number of amides is 1. The zero-order chi connectivity index (χ0) is 19.3. The van der Waals surface area contributed by atoms with Crippen molar-refractivity contribution in [2.24, 2.45) is 5.92 Å². The molecule has 1 aliphatic carbocycles. The van der Waals surface area contributed by atoms with E-state index in [-0.39, 0.29) is 11.8 Å². The molecule has 1 N–H and O–H groups in total. The fraction of sp³-hybridized carbons (Fsp3) is 0.762. The van der Waals surface area contributed by atoms with Crippen LogP contribution in [0, 0.1) is 5.92 Å². The van der Waals surface area contributed by atoms with Gasteiger partial charge in [0.05, 0.1) is 12.5 Å². The number of likely N-dealkylation sites (tertiary alicyclic amines) is 1. The maximum atomic E-state index is 12.4. The summed E-state index contributed by atoms with van der Waals surface area (Å²) in [5.41, 5.74) is 1.21. The highest BCUT2D eigenvalue weighted by Crippen LogP contribution is 2.39. The molecular formula is C21H33N5O2. The summed E-state index contributed by atoms with van der Waals surface area (Å²) in [5.74, 6) is 2.06. The lowest BCUT2D eigenvalue weighted by Gasteiger charge is -2.42. The van der Waals surface area contributed by atoms with Crippen LogP contribution in [0.5, 0.6) is 0 Å². The number of aromatic nitrogens is 2. The molecule has 0 aromatic carbocycles. The number of ether oxygens (including phenoxy) is 1. The summed E-state index contributed by atoms with van der Waals surface area (Å²) >= 11 is 0. The van der Waals surface area contributed by atoms with E-state index in [2.05, 4.69) is 31.2 Å². The molecule has 1 aromatic heterocycles. The third kappa shape index (κ3) is 4.81. The maximum Gasteiger partial charge on any atom is 0.224 e. The van der Waals surface area contributed by atoms with Gasteiger partial charge in [0.2, 0.25) is 5.91 Å². The quantitative estimate of drug-likeness (QED) is 0.720. The molecule has 3 aliphatic rings. The van der Waals surface area contributed by atoms with Gasteiger partial charge in [-0.1, -0.05) is 0 Å². The molecule has 2 saturated heterocycles. The molecule has 1 unspecified atom stereocenters. The van der Waals surface area contributed by atoms with Gasteiger partial charge in [-0.05, 0) is 45.1 Å². The minimum atomic E-state index is 0.117. The Bertz CT molecular complexity index is 658. The van der Waals surface area contributed by atoms with E-state index >= 15 is 0 Å². The third-order valence-corrected chi connectivity index (χ3v) is 6.40. The number of nitrogens with one attached hydrogen (secondary N) is 1. The number of carbonyl (C=O) groups is 1. The van der Waals surface area contributed by atoms with Gasteiger partial charge >= 0.3 is 0 Å². The number of piperidine rings is 2. The molecule has 1 saturated carbocycles. The fourth-order valence-electron chi connectivity index (χ4n) is 4.57. The molecule has 1 amide bonds. The summed E-state index contributed by atoms with van der Waals surface area (Å²) in [7, 11) is 1.66. The fourth-order valence-corrected chi connectivity index (χ4v) is 4.57. The topological polar surface area (TPSA) is 70.6 Å². The van der Waals surface area contributed by atoms with Crippen LogP contribution in [0.2, 0.25) is 0 Å². The van der Waals surface area contributed by atoms with Crippen molar-refractivity contribution in [2.75, 3.05) is 51.3 Å². The third-order valence-electron chi connectivity index (χ3n) is 6.40. The van der Waals surface area contributed by atoms with Crippen LogP contribution in [-0.4, -0.2) is 73.3 Å². The van der Waals surface area contributed by atoms with Gasteiger partial charge in [-0.15, -0.1) is 0 Å². The molecule has 3 heterocycles. The summed E-state index contributed by atoms with van der Waals surface area (Å²) in [6, 6.07) is 2.77. The largest absolute Gasteiger partial charge is 0.383 e. The Balaban J connectivity index is 1.27. The first-order valence-electron chi connectivity index (χ1n) is 10.8. The summed E-state index contributed by atoms with van der Waals surface area (Å²) in [6.45, 7) is 5.26. The number of rotatable bonds is 7. The standard InChI is InChI=1S/C21H33N5O2/c1-28-12-8-22-21(27)17-3-2-9-26(14-17)18-6-10-25(11-7-18)20-13-19(16-4-5-16)23-15-24-20/h13,15-18H,2-12,14H2,1H3,(H,22,27). The molecule has 1 atom stereocenters. The zero-order valence-corrected chi connectivity index (χ0v) is 17.0. The highest BCUT2D eigenvalue weighted by atomic mass is 16.5. The smallest absolute Gasteiger partial charge is 0.224 e. The van der Waals surface area contributed by atoms with Gasteiger partial charge in [-0.25, -0.2) is 9.97 Å². The SMILES string of the molecule is COCCNC(=O)C1CCCN(C2CCN(c3cc(C4CC4)ncn3)CC2)C1. The maximum absolute atomic E-state index is 12.4. The Morgan fingerprint density at radius 3 is 2.75 bits per heavy atom. The van der Waals surface area contributed by atoms with Crippen molar-refractivity contribution in [1.29, 1.82) is 0 Å². The highest BCUT2D eigenvalue weighted by molar-refractivity contribution is 5.78. The van der Waals surface area contributed by atoms with Gasteiger partial charge in [0.25, 0.3) is 0 Å². The molecule has 0 spiro atoms. The predicted molar refractivity (Wildman–Crippen MR) is 108 cm³/mol. The summed E-state index contributed by atoms with van der Waals surface area (Å²) in [6.07, 6.45) is 8.66. The lowest BCUT2D eigenvalue weighted by atomic mass is 9.93. The Kier molecular flexibility index (Phi) is 6.42. The van der Waals surface area contributed by atoms with Crippen molar-refractivity contribution in [2.45, 2.75) is 50.5 Å². The van der Waals surface area contributed by atoms with Gasteiger partial charge in [0.15, 0.2) is 0 Å². The number of nitrogens with zero attached hydrogens (tertiary/aromatic N) is 4. The van der Waals surface area contributed by atoms with Crippen LogP contribution in [0.15, 0.2) is 12.4 Å². The van der Waals surface area contributed by atoms with E-state index in [1.807, 2.05) is 0 Å². The van der Waals surface area contributed by atoms with Gasteiger partial charge < -0.3 is 15.0 Å². The van der Waals surface area contributed by atoms with Crippen LogP contribution >= 0.6 is 0 Å². The molecule has 2 aliphatic heterocycles. The Hall–Kier alpha value is -1.73. The molecule has 0 radical (unpaired) electrons. The molecule has 1 aromatic rings. The average Bonchev–Trinajstić information content (AvgIpc) is 3.60. The van der Waals surface area contributed by atoms with E-state index in [1.165, 1.54) is 18.5 Å². The number of anilines is 1. The molecule has 0 bridgehead atoms. The van der Waals surface area contributed by atoms with E-state index < -0.39 is 0 Å². The zero-order valence-electron chi connectivity index (χ0n) is 17.0. The summed E-state index contributed by atoms with van der Waals surface area (Å²) in [4.78, 5) is 26.3. The Morgan fingerprint density at radius 1 is 1.18 bits per heavy atom. The van der Waals surface area contributed by atoms with Crippen LogP contribution in [0.1, 0.15) is 50.1 Å². The van der Waals surface area contributed by atoms with Gasteiger partial charge in [-0.2, -0.15) is 0 Å². The second kappa shape index (κ2) is 9.18. The number of methoxy groups -OCH3 is 1. The van der Waals surface area contributed by atoms with E-state index in [1.54, 1.807) is 13.4 Å². The molecule has 28 heavy (non-hydrogen) atoms. The highest BCUT2D eigenvalue weighted by Gasteiger charge is 2.32. The Morgan fingerprint density at radius 2 is 2.00 bits per heavy atom. The van der Waals surface area contributed by atoms with Crippen LogP contribution in [-0.2, 0) is 9.53 Å². The first kappa shape index (κ1) is 19.6. The van der Waals surface area contributed by atoms with Crippen LogP contribution < -0.4 is 10.2 Å². The molecule has 154 valence electrons. The Labute approximate surface area is 167 Å². The van der Waals surface area contributed by atoms with E-state index in [9.17, 15) is 4.79 Å². The molecule has 7 nitrogen and oxygen atoms in total. The summed E-state index contributed by atoms with van der Waals surface area (Å²) < 4.78 is 5.03. The van der Waals surface area contributed by atoms with E-state index in [0.29, 0.717) is 25.1 Å². The van der Waals surface area contributed by atoms with Crippen molar-refractivity contribution in [3.05, 3.63) is 18.1 Å². The monoisotopic (exact) mass is 387 g/mol. The minimum Gasteiger partial charge on any atom is -0.383 e. The van der Waals surface area contributed by atoms with E-state index in [0.717, 1.165) is 57.7 Å². The summed E-state index contributed by atoms with van der Waals surface area (Å²) in [5, 5.41) is 3.01. The van der Waals surface area contributed by atoms with Crippen LogP contribution in [0.3, 0.4) is 0 Å². The van der Waals surface area contributed by atoms with Crippen molar-refractivity contribution in [1.82, 2.24) is 20.2 Å². The predicted octanol–water partition coefficient (Wildman–Crippen LogP) is 1.80. The van der Waals surface area contributed by atoms with Crippen molar-refractivity contribution >= 4 is 11.7 Å². The second-order valence-electron chi connectivity index (χ2n) is 8.41. The van der Waals surface area contributed by atoms with Crippen molar-refractivity contribution in [3.8, 4) is 0 Å². The first-order valence-corrected chi connectivity index (χ1v) is 10.8. The molecule has 4 rings (SSSR count). The van der Waals surface area contributed by atoms with E-state index in [4.69, 9.17) is 4.74 Å². The van der Waals surface area contributed by atoms with Gasteiger partial charge in [0.1, 0.15) is 12.1 Å². The van der Waals surface area contributed by atoms with Crippen LogP contribution in [0.25, 0.3) is 0 Å². The second-order valence-corrected chi connectivity index (χ2v) is 8.41. The van der Waals surface area contributed by atoms with Gasteiger partial charge in [-0.3, -0.25) is 9.69 Å².